The van der Waals surface area contributed by atoms with Crippen molar-refractivity contribution in [3.63, 3.8) is 0 Å². The molecule has 1 aliphatic carbocycles. The lowest BCUT2D eigenvalue weighted by atomic mass is 9.90. The molecule has 24 heavy (non-hydrogen) atoms. The van der Waals surface area contributed by atoms with Gasteiger partial charge < -0.3 is 10.2 Å². The molecule has 0 atom stereocenters. The number of nitrogens with one attached hydrogen (secondary N) is 2. The van der Waals surface area contributed by atoms with E-state index in [4.69, 9.17) is 4.74 Å². The van der Waals surface area contributed by atoms with Crippen molar-refractivity contribution in [1.29, 1.82) is 0 Å². The van der Waals surface area contributed by atoms with Crippen LogP contribution in [0.1, 0.15) is 43.2 Å². The lowest BCUT2D eigenvalue weighted by Crippen LogP contribution is -2.20. The Kier molecular flexibility index (Phi) is 6.70. The van der Waals surface area contributed by atoms with E-state index in [1.165, 1.54) is 43.2 Å². The number of para-hydroxylation sites is 1. The van der Waals surface area contributed by atoms with Gasteiger partial charge in [0.05, 0.1) is 6.61 Å². The third-order valence-electron chi connectivity index (χ3n) is 4.64. The molecular weight excluding hydrogens is 296 g/mol. The van der Waals surface area contributed by atoms with Crippen LogP contribution in [0.4, 0.5) is 5.69 Å². The number of hydrogen-bond donors (Lipinski definition) is 2. The predicted molar refractivity (Wildman–Crippen MR) is 99.6 cm³/mol. The normalized spacial score (nSPS) is 15.3. The highest BCUT2D eigenvalue weighted by Gasteiger charge is 2.13. The molecule has 2 aromatic rings. The molecule has 3 rings (SSSR count). The van der Waals surface area contributed by atoms with Gasteiger partial charge in [-0.1, -0.05) is 61.7 Å². The Morgan fingerprint density at radius 3 is 2.50 bits per heavy atom. The van der Waals surface area contributed by atoms with Crippen molar-refractivity contribution >= 4 is 5.69 Å². The molecule has 1 fully saturated rings. The Morgan fingerprint density at radius 1 is 0.875 bits per heavy atom. The third-order valence-corrected chi connectivity index (χ3v) is 4.64. The van der Waals surface area contributed by atoms with E-state index in [0.717, 1.165) is 31.4 Å². The number of rotatable bonds is 8. The minimum absolute atomic E-state index is 0.719. The zero-order valence-corrected chi connectivity index (χ0v) is 14.3. The van der Waals surface area contributed by atoms with Gasteiger partial charge in [0, 0.05) is 18.8 Å². The fourth-order valence-corrected chi connectivity index (χ4v) is 3.30. The van der Waals surface area contributed by atoms with Crippen LogP contribution < -0.4 is 10.9 Å². The Balaban J connectivity index is 1.40. The second-order valence-corrected chi connectivity index (χ2v) is 6.68. The highest BCUT2D eigenvalue weighted by Crippen LogP contribution is 2.24. The molecule has 0 aromatic heterocycles. The first kappa shape index (κ1) is 17.0. The minimum Gasteiger partial charge on any atom is -0.376 e. The molecule has 1 aliphatic rings. The quantitative estimate of drug-likeness (QED) is 0.678. The van der Waals surface area contributed by atoms with Crippen molar-refractivity contribution in [1.82, 2.24) is 5.43 Å². The van der Waals surface area contributed by atoms with Gasteiger partial charge in [-0.2, -0.15) is 0 Å². The van der Waals surface area contributed by atoms with E-state index in [9.17, 15) is 0 Å². The summed E-state index contributed by atoms with van der Waals surface area (Å²) >= 11 is 0. The van der Waals surface area contributed by atoms with Gasteiger partial charge in [-0.05, 0) is 42.0 Å². The fraction of sp³-hybridized carbons (Fsp3) is 0.429. The fourth-order valence-electron chi connectivity index (χ4n) is 3.30. The highest BCUT2D eigenvalue weighted by atomic mass is 16.5. The van der Waals surface area contributed by atoms with Gasteiger partial charge in [0.2, 0.25) is 0 Å². The maximum absolute atomic E-state index is 5.95. The van der Waals surface area contributed by atoms with Gasteiger partial charge in [0.1, 0.15) is 0 Å². The zero-order chi connectivity index (χ0) is 16.5. The van der Waals surface area contributed by atoms with Gasteiger partial charge in [0.25, 0.3) is 0 Å². The Bertz CT molecular complexity index is 594. The summed E-state index contributed by atoms with van der Waals surface area (Å²) in [5, 5.41) is 0. The molecule has 0 spiro atoms. The average molecular weight is 324 g/mol. The maximum atomic E-state index is 5.95. The third kappa shape index (κ3) is 5.66. The number of anilines is 1. The Labute approximate surface area is 145 Å². The smallest absolute Gasteiger partial charge is 0.0717 e. The Morgan fingerprint density at radius 2 is 1.67 bits per heavy atom. The van der Waals surface area contributed by atoms with Gasteiger partial charge in [-0.25, -0.2) is 5.43 Å². The van der Waals surface area contributed by atoms with Gasteiger partial charge >= 0.3 is 0 Å². The molecular formula is C21H28N2O. The van der Waals surface area contributed by atoms with Crippen molar-refractivity contribution in [3.05, 3.63) is 65.7 Å². The molecule has 2 N–H and O–H groups in total. The monoisotopic (exact) mass is 324 g/mol. The summed E-state index contributed by atoms with van der Waals surface area (Å²) in [5.41, 5.74) is 10.1. The molecule has 0 radical (unpaired) electrons. The topological polar surface area (TPSA) is 33.3 Å². The summed E-state index contributed by atoms with van der Waals surface area (Å²) in [4.78, 5) is 0. The highest BCUT2D eigenvalue weighted by molar-refractivity contribution is 5.41. The average Bonchev–Trinajstić information content (AvgIpc) is 2.64. The Hall–Kier alpha value is -1.84. The van der Waals surface area contributed by atoms with Crippen molar-refractivity contribution in [2.45, 2.75) is 45.3 Å². The van der Waals surface area contributed by atoms with Gasteiger partial charge in [-0.15, -0.1) is 0 Å². The number of ether oxygens (including phenoxy) is 1. The largest absolute Gasteiger partial charge is 0.376 e. The van der Waals surface area contributed by atoms with E-state index in [2.05, 4.69) is 35.1 Å². The first-order valence-electron chi connectivity index (χ1n) is 9.09. The molecule has 2 aromatic carbocycles. The molecule has 0 heterocycles. The lowest BCUT2D eigenvalue weighted by molar-refractivity contribution is 0.0739. The summed E-state index contributed by atoms with van der Waals surface area (Å²) in [6, 6.07) is 18.8. The van der Waals surface area contributed by atoms with E-state index in [1.807, 2.05) is 30.3 Å². The summed E-state index contributed by atoms with van der Waals surface area (Å²) in [6.45, 7) is 2.42. The van der Waals surface area contributed by atoms with Crippen LogP contribution in [0.15, 0.2) is 54.6 Å². The van der Waals surface area contributed by atoms with E-state index < -0.39 is 0 Å². The molecule has 0 amide bonds. The van der Waals surface area contributed by atoms with Crippen LogP contribution in [0.25, 0.3) is 0 Å². The van der Waals surface area contributed by atoms with Gasteiger partial charge in [0.15, 0.2) is 0 Å². The number of benzene rings is 2. The van der Waals surface area contributed by atoms with Crippen LogP contribution in [0, 0.1) is 5.92 Å². The predicted octanol–water partition coefficient (Wildman–Crippen LogP) is 4.90. The van der Waals surface area contributed by atoms with Crippen molar-refractivity contribution in [3.8, 4) is 0 Å². The van der Waals surface area contributed by atoms with Crippen LogP contribution in [0.5, 0.6) is 0 Å². The van der Waals surface area contributed by atoms with Crippen LogP contribution in [0.3, 0.4) is 0 Å². The summed E-state index contributed by atoms with van der Waals surface area (Å²) in [7, 11) is 0. The van der Waals surface area contributed by atoms with Gasteiger partial charge in [-0.3, -0.25) is 0 Å². The first-order valence-corrected chi connectivity index (χ1v) is 9.09. The maximum Gasteiger partial charge on any atom is 0.0717 e. The SMILES string of the molecule is c1ccc(NNCc2cccc(COCC3CCCCC3)c2)cc1. The molecule has 3 heteroatoms. The van der Waals surface area contributed by atoms with Crippen LogP contribution >= 0.6 is 0 Å². The molecule has 0 aliphatic heterocycles. The number of hydrazine groups is 1. The summed E-state index contributed by atoms with van der Waals surface area (Å²) in [6.07, 6.45) is 6.85. The molecule has 0 saturated heterocycles. The standard InChI is InChI=1S/C21H28N2O/c1-3-8-18(9-4-1)16-24-17-20-11-7-10-19(14-20)15-22-23-21-12-5-2-6-13-21/h2,5-7,10-14,18,22-23H,1,3-4,8-9,15-17H2. The van der Waals surface area contributed by atoms with E-state index >= 15 is 0 Å². The molecule has 128 valence electrons. The number of hydrogen-bond acceptors (Lipinski definition) is 3. The van der Waals surface area contributed by atoms with Crippen molar-refractivity contribution in [2.75, 3.05) is 12.0 Å². The van der Waals surface area contributed by atoms with Crippen molar-refractivity contribution in [2.24, 2.45) is 5.92 Å². The van der Waals surface area contributed by atoms with Crippen LogP contribution in [-0.4, -0.2) is 6.61 Å². The lowest BCUT2D eigenvalue weighted by Gasteiger charge is -2.21. The minimum atomic E-state index is 0.719. The second kappa shape index (κ2) is 9.45. The molecule has 3 nitrogen and oxygen atoms in total. The molecule has 0 unspecified atom stereocenters. The summed E-state index contributed by atoms with van der Waals surface area (Å²) in [5.74, 6) is 0.777. The molecule has 1 saturated carbocycles. The van der Waals surface area contributed by atoms with Crippen LogP contribution in [0.2, 0.25) is 0 Å². The second-order valence-electron chi connectivity index (χ2n) is 6.68. The molecule has 0 bridgehead atoms. The van der Waals surface area contributed by atoms with E-state index in [0.29, 0.717) is 0 Å². The first-order chi connectivity index (χ1) is 11.9. The summed E-state index contributed by atoms with van der Waals surface area (Å²) < 4.78 is 5.95. The van der Waals surface area contributed by atoms with Crippen LogP contribution in [-0.2, 0) is 17.9 Å². The van der Waals surface area contributed by atoms with Crippen molar-refractivity contribution < 1.29 is 4.74 Å². The van der Waals surface area contributed by atoms with E-state index in [1.54, 1.807) is 0 Å². The zero-order valence-electron chi connectivity index (χ0n) is 14.3. The van der Waals surface area contributed by atoms with E-state index in [-0.39, 0.29) is 0 Å².